The Kier molecular flexibility index (Phi) is 5.27. The van der Waals surface area contributed by atoms with Gasteiger partial charge < -0.3 is 10.2 Å². The van der Waals surface area contributed by atoms with Gasteiger partial charge in [-0.15, -0.1) is 0 Å². The molecule has 1 aliphatic rings. The zero-order chi connectivity index (χ0) is 15.5. The van der Waals surface area contributed by atoms with Crippen LogP contribution in [0.3, 0.4) is 0 Å². The summed E-state index contributed by atoms with van der Waals surface area (Å²) < 4.78 is 23.7. The number of sulfone groups is 1. The Morgan fingerprint density at radius 1 is 1.14 bits per heavy atom. The largest absolute Gasteiger partial charge is 0.372 e. The van der Waals surface area contributed by atoms with Gasteiger partial charge in [0, 0.05) is 24.8 Å². The molecule has 0 aliphatic heterocycles. The Hall–Kier alpha value is -1.07. The van der Waals surface area contributed by atoms with Crippen molar-refractivity contribution in [2.24, 2.45) is 0 Å². The van der Waals surface area contributed by atoms with E-state index in [1.807, 2.05) is 19.2 Å². The van der Waals surface area contributed by atoms with Crippen molar-refractivity contribution in [3.05, 3.63) is 24.3 Å². The Morgan fingerprint density at radius 2 is 1.71 bits per heavy atom. The van der Waals surface area contributed by atoms with E-state index in [2.05, 4.69) is 17.3 Å². The van der Waals surface area contributed by atoms with Crippen LogP contribution in [0.1, 0.15) is 32.6 Å². The minimum absolute atomic E-state index is 0.149. The molecule has 21 heavy (non-hydrogen) atoms. The van der Waals surface area contributed by atoms with Crippen molar-refractivity contribution < 1.29 is 8.42 Å². The number of nitrogens with zero attached hydrogens (tertiary/aromatic N) is 1. The zero-order valence-corrected chi connectivity index (χ0v) is 14.0. The molecule has 1 fully saturated rings. The molecule has 5 heteroatoms. The lowest BCUT2D eigenvalue weighted by atomic mass is 9.90. The van der Waals surface area contributed by atoms with E-state index in [1.54, 1.807) is 19.1 Å². The quantitative estimate of drug-likeness (QED) is 0.907. The zero-order valence-electron chi connectivity index (χ0n) is 13.2. The fourth-order valence-corrected chi connectivity index (χ4v) is 3.90. The molecule has 1 N–H and O–H groups in total. The molecule has 0 unspecified atom stereocenters. The van der Waals surface area contributed by atoms with Gasteiger partial charge in [0.15, 0.2) is 9.84 Å². The first-order valence-corrected chi connectivity index (χ1v) is 9.36. The molecule has 0 saturated heterocycles. The highest BCUT2D eigenvalue weighted by molar-refractivity contribution is 7.91. The normalized spacial score (nSPS) is 23.0. The van der Waals surface area contributed by atoms with Gasteiger partial charge in [-0.05, 0) is 57.0 Å². The Morgan fingerprint density at radius 3 is 2.19 bits per heavy atom. The maximum Gasteiger partial charge on any atom is 0.178 e. The van der Waals surface area contributed by atoms with Crippen LogP contribution in [0.2, 0.25) is 0 Å². The van der Waals surface area contributed by atoms with Crippen molar-refractivity contribution in [3.8, 4) is 0 Å². The van der Waals surface area contributed by atoms with Crippen molar-refractivity contribution in [3.63, 3.8) is 0 Å². The fraction of sp³-hybridized carbons (Fsp3) is 0.625. The van der Waals surface area contributed by atoms with Crippen LogP contribution in [-0.4, -0.2) is 40.3 Å². The third-order valence-corrected chi connectivity index (χ3v) is 6.39. The van der Waals surface area contributed by atoms with Gasteiger partial charge in [-0.3, -0.25) is 0 Å². The average Bonchev–Trinajstić information content (AvgIpc) is 2.54. The van der Waals surface area contributed by atoms with Crippen molar-refractivity contribution in [1.82, 2.24) is 5.32 Å². The highest BCUT2D eigenvalue weighted by atomic mass is 32.2. The molecule has 0 radical (unpaired) electrons. The lowest BCUT2D eigenvalue weighted by Gasteiger charge is -2.36. The van der Waals surface area contributed by atoms with Gasteiger partial charge in [0.2, 0.25) is 0 Å². The molecule has 118 valence electrons. The molecule has 0 atom stereocenters. The van der Waals surface area contributed by atoms with Gasteiger partial charge in [-0.1, -0.05) is 6.92 Å². The summed E-state index contributed by atoms with van der Waals surface area (Å²) in [5.41, 5.74) is 1.10. The highest BCUT2D eigenvalue weighted by Gasteiger charge is 2.23. The van der Waals surface area contributed by atoms with E-state index in [-0.39, 0.29) is 5.75 Å². The van der Waals surface area contributed by atoms with E-state index in [9.17, 15) is 8.42 Å². The van der Waals surface area contributed by atoms with E-state index >= 15 is 0 Å². The number of hydrogen-bond acceptors (Lipinski definition) is 4. The third kappa shape index (κ3) is 3.77. The smallest absolute Gasteiger partial charge is 0.178 e. The Bertz CT molecular complexity index is 546. The van der Waals surface area contributed by atoms with E-state index in [4.69, 9.17) is 0 Å². The molecule has 2 rings (SSSR count). The monoisotopic (exact) mass is 310 g/mol. The SMILES string of the molecule is CCS(=O)(=O)c1ccc(N(C)C2CCC(NC)CC2)cc1. The summed E-state index contributed by atoms with van der Waals surface area (Å²) in [5, 5.41) is 3.35. The molecule has 1 aromatic carbocycles. The molecule has 4 nitrogen and oxygen atoms in total. The summed E-state index contributed by atoms with van der Waals surface area (Å²) in [6.07, 6.45) is 4.76. The molecular weight excluding hydrogens is 284 g/mol. The van der Waals surface area contributed by atoms with Crippen LogP contribution in [0.15, 0.2) is 29.2 Å². The number of nitrogens with one attached hydrogen (secondary N) is 1. The second-order valence-corrected chi connectivity index (χ2v) is 8.08. The molecule has 0 spiro atoms. The second-order valence-electron chi connectivity index (χ2n) is 5.80. The highest BCUT2D eigenvalue weighted by Crippen LogP contribution is 2.27. The average molecular weight is 310 g/mol. The molecule has 1 saturated carbocycles. The van der Waals surface area contributed by atoms with Crippen LogP contribution in [-0.2, 0) is 9.84 Å². The second kappa shape index (κ2) is 6.79. The standard InChI is InChI=1S/C16H26N2O2S/c1-4-21(19,20)16-11-9-15(10-12-16)18(3)14-7-5-13(17-2)6-8-14/h9-14,17H,4-8H2,1-3H3. The Balaban J connectivity index is 2.05. The van der Waals surface area contributed by atoms with Gasteiger partial charge in [0.25, 0.3) is 0 Å². The minimum Gasteiger partial charge on any atom is -0.372 e. The first kappa shape index (κ1) is 16.3. The van der Waals surface area contributed by atoms with Crippen molar-refractivity contribution in [2.45, 2.75) is 49.6 Å². The Labute approximate surface area is 128 Å². The van der Waals surface area contributed by atoms with Gasteiger partial charge in [-0.2, -0.15) is 0 Å². The van der Waals surface area contributed by atoms with E-state index < -0.39 is 9.84 Å². The third-order valence-electron chi connectivity index (χ3n) is 4.64. The molecule has 0 amide bonds. The van der Waals surface area contributed by atoms with Crippen molar-refractivity contribution in [1.29, 1.82) is 0 Å². The minimum atomic E-state index is -3.10. The van der Waals surface area contributed by atoms with Gasteiger partial charge in [-0.25, -0.2) is 8.42 Å². The van der Waals surface area contributed by atoms with Gasteiger partial charge in [0.05, 0.1) is 10.6 Å². The van der Waals surface area contributed by atoms with Gasteiger partial charge >= 0.3 is 0 Å². The van der Waals surface area contributed by atoms with Crippen molar-refractivity contribution >= 4 is 15.5 Å². The molecular formula is C16H26N2O2S. The van der Waals surface area contributed by atoms with Crippen LogP contribution in [0.25, 0.3) is 0 Å². The fourth-order valence-electron chi connectivity index (χ4n) is 3.02. The summed E-state index contributed by atoms with van der Waals surface area (Å²) in [5.74, 6) is 0.149. The van der Waals surface area contributed by atoms with Crippen LogP contribution >= 0.6 is 0 Å². The van der Waals surface area contributed by atoms with E-state index in [1.165, 1.54) is 25.7 Å². The summed E-state index contributed by atoms with van der Waals surface area (Å²) in [6.45, 7) is 1.68. The maximum absolute atomic E-state index is 11.8. The maximum atomic E-state index is 11.8. The van der Waals surface area contributed by atoms with Crippen molar-refractivity contribution in [2.75, 3.05) is 24.7 Å². The summed E-state index contributed by atoms with van der Waals surface area (Å²) in [6, 6.07) is 8.49. The summed E-state index contributed by atoms with van der Waals surface area (Å²) in [7, 11) is 1.03. The first-order chi connectivity index (χ1) is 9.97. The number of rotatable bonds is 5. The lowest BCUT2D eigenvalue weighted by molar-refractivity contribution is 0.351. The molecule has 0 aromatic heterocycles. The predicted octanol–water partition coefficient (Wildman–Crippen LogP) is 2.45. The first-order valence-electron chi connectivity index (χ1n) is 7.71. The van der Waals surface area contributed by atoms with Crippen LogP contribution in [0.4, 0.5) is 5.69 Å². The molecule has 1 aromatic rings. The summed E-state index contributed by atoms with van der Waals surface area (Å²) >= 11 is 0. The van der Waals surface area contributed by atoms with Gasteiger partial charge in [0.1, 0.15) is 0 Å². The number of anilines is 1. The predicted molar refractivity (Wildman–Crippen MR) is 87.7 cm³/mol. The molecule has 0 heterocycles. The van der Waals surface area contributed by atoms with E-state index in [0.717, 1.165) is 5.69 Å². The molecule has 1 aliphatic carbocycles. The topological polar surface area (TPSA) is 49.4 Å². The van der Waals surface area contributed by atoms with Crippen LogP contribution in [0.5, 0.6) is 0 Å². The van der Waals surface area contributed by atoms with E-state index in [0.29, 0.717) is 17.0 Å². The number of hydrogen-bond donors (Lipinski definition) is 1. The summed E-state index contributed by atoms with van der Waals surface area (Å²) in [4.78, 5) is 2.70. The van der Waals surface area contributed by atoms with Crippen LogP contribution < -0.4 is 10.2 Å². The molecule has 0 bridgehead atoms. The number of benzene rings is 1. The van der Waals surface area contributed by atoms with Crippen LogP contribution in [0, 0.1) is 0 Å². The lowest BCUT2D eigenvalue weighted by Crippen LogP contribution is -2.39.